The number of amides is 1. The van der Waals surface area contributed by atoms with E-state index in [2.05, 4.69) is 65.7 Å². The molecule has 3 heteroatoms. The zero-order valence-electron chi connectivity index (χ0n) is 17.7. The maximum atomic E-state index is 12.0. The third kappa shape index (κ3) is 2.96. The lowest BCUT2D eigenvalue weighted by atomic mass is 9.83. The summed E-state index contributed by atoms with van der Waals surface area (Å²) >= 11 is 0. The van der Waals surface area contributed by atoms with Gasteiger partial charge in [-0.1, -0.05) is 48.5 Å². The van der Waals surface area contributed by atoms with Crippen LogP contribution >= 0.6 is 0 Å². The highest BCUT2D eigenvalue weighted by molar-refractivity contribution is 6.26. The van der Waals surface area contributed by atoms with Crippen LogP contribution in [0.2, 0.25) is 0 Å². The van der Waals surface area contributed by atoms with Crippen molar-refractivity contribution < 1.29 is 4.79 Å². The Balaban J connectivity index is 1.57. The largest absolute Gasteiger partial charge is 0.336 e. The fraction of sp³-hybridized carbons (Fsp3) is 0.214. The molecule has 0 radical (unpaired) electrons. The van der Waals surface area contributed by atoms with Crippen LogP contribution in [-0.4, -0.2) is 24.1 Å². The van der Waals surface area contributed by atoms with Crippen molar-refractivity contribution in [2.45, 2.75) is 32.2 Å². The number of benzene rings is 3. The number of hydrogen-bond acceptors (Lipinski definition) is 2. The van der Waals surface area contributed by atoms with Gasteiger partial charge < -0.3 is 4.90 Å². The fourth-order valence-electron chi connectivity index (χ4n) is 5.34. The van der Waals surface area contributed by atoms with E-state index in [0.29, 0.717) is 6.54 Å². The molecule has 0 unspecified atom stereocenters. The molecule has 0 atom stereocenters. The van der Waals surface area contributed by atoms with Gasteiger partial charge in [0.2, 0.25) is 0 Å². The molecule has 3 aliphatic rings. The van der Waals surface area contributed by atoms with Crippen LogP contribution in [-0.2, 0) is 24.2 Å². The predicted octanol–water partition coefficient (Wildman–Crippen LogP) is 3.52. The average molecular weight is 405 g/mol. The monoisotopic (exact) mass is 404 g/mol. The first-order valence-electron chi connectivity index (χ1n) is 11.0. The Morgan fingerprint density at radius 1 is 0.903 bits per heavy atom. The van der Waals surface area contributed by atoms with Crippen molar-refractivity contribution in [3.05, 3.63) is 97.7 Å². The molecule has 0 aromatic heterocycles. The molecule has 6 rings (SSSR count). The lowest BCUT2D eigenvalue weighted by Gasteiger charge is -2.22. The maximum Gasteiger partial charge on any atom is 0.265 e. The van der Waals surface area contributed by atoms with E-state index in [1.165, 1.54) is 55.8 Å². The lowest BCUT2D eigenvalue weighted by Crippen LogP contribution is -2.25. The zero-order valence-corrected chi connectivity index (χ0v) is 17.7. The first kappa shape index (κ1) is 18.3. The van der Waals surface area contributed by atoms with E-state index >= 15 is 0 Å². The van der Waals surface area contributed by atoms with Crippen molar-refractivity contribution >= 4 is 29.5 Å². The second-order valence-corrected chi connectivity index (χ2v) is 8.74. The number of rotatable bonds is 1. The zero-order chi connectivity index (χ0) is 20.9. The Labute approximate surface area is 181 Å². The van der Waals surface area contributed by atoms with Crippen molar-refractivity contribution in [3.8, 4) is 0 Å². The maximum absolute atomic E-state index is 12.0. The molecule has 2 aliphatic carbocycles. The van der Waals surface area contributed by atoms with Crippen LogP contribution in [0.5, 0.6) is 0 Å². The van der Waals surface area contributed by atoms with Gasteiger partial charge in [0.1, 0.15) is 0 Å². The lowest BCUT2D eigenvalue weighted by molar-refractivity contribution is -0.122. The van der Waals surface area contributed by atoms with Gasteiger partial charge in [-0.3, -0.25) is 9.79 Å². The molecule has 0 saturated heterocycles. The van der Waals surface area contributed by atoms with E-state index in [4.69, 9.17) is 0 Å². The summed E-state index contributed by atoms with van der Waals surface area (Å²) in [6.07, 6.45) is 8.21. The van der Waals surface area contributed by atoms with E-state index in [9.17, 15) is 4.79 Å². The second kappa shape index (κ2) is 7.05. The molecule has 3 aromatic rings. The Morgan fingerprint density at radius 3 is 2.71 bits per heavy atom. The van der Waals surface area contributed by atoms with Gasteiger partial charge in [0, 0.05) is 13.6 Å². The van der Waals surface area contributed by atoms with Crippen LogP contribution in [0.4, 0.5) is 5.69 Å². The van der Waals surface area contributed by atoms with Crippen LogP contribution in [0, 0.1) is 10.4 Å². The summed E-state index contributed by atoms with van der Waals surface area (Å²) in [6.45, 7) is 0.595. The third-order valence-electron chi connectivity index (χ3n) is 6.91. The van der Waals surface area contributed by atoms with E-state index in [0.717, 1.165) is 30.5 Å². The minimum absolute atomic E-state index is 0.0448. The van der Waals surface area contributed by atoms with Crippen molar-refractivity contribution in [1.82, 2.24) is 4.90 Å². The van der Waals surface area contributed by atoms with Crippen LogP contribution in [0.25, 0.3) is 11.6 Å². The van der Waals surface area contributed by atoms with Crippen LogP contribution in [0.3, 0.4) is 0 Å². The normalized spacial score (nSPS) is 16.6. The third-order valence-corrected chi connectivity index (χ3v) is 6.91. The molecule has 3 nitrogen and oxygen atoms in total. The topological polar surface area (TPSA) is 32.7 Å². The minimum atomic E-state index is -0.0448. The summed E-state index contributed by atoms with van der Waals surface area (Å²) in [5.41, 5.74) is 7.71. The Bertz CT molecular complexity index is 1500. The fourth-order valence-corrected chi connectivity index (χ4v) is 5.34. The number of nitrogens with zero attached hydrogens (tertiary/aromatic N) is 2. The van der Waals surface area contributed by atoms with Gasteiger partial charge in [-0.2, -0.15) is 0 Å². The highest BCUT2D eigenvalue weighted by Crippen LogP contribution is 2.30. The molecule has 0 bridgehead atoms. The van der Waals surface area contributed by atoms with Gasteiger partial charge >= 0.3 is 0 Å². The highest BCUT2D eigenvalue weighted by Gasteiger charge is 2.19. The molecule has 1 aliphatic heterocycles. The summed E-state index contributed by atoms with van der Waals surface area (Å²) in [5.74, 6) is -0.0448. The van der Waals surface area contributed by atoms with Crippen molar-refractivity contribution in [3.63, 3.8) is 0 Å². The molecular weight excluding hydrogens is 380 g/mol. The molecule has 0 saturated carbocycles. The van der Waals surface area contributed by atoms with Crippen molar-refractivity contribution in [2.24, 2.45) is 4.99 Å². The molecule has 152 valence electrons. The van der Waals surface area contributed by atoms with E-state index < -0.39 is 0 Å². The standard InChI is InChI=1S/C28H24N2O/c1-30-17-20-15-19(10-14-27(20)29-16-28(30)31)22-7-4-8-23-25(22)13-12-24-21-6-3-2-5-18(21)9-11-26(23)24/h2-3,5-6,9-10,12-16H,4,7-8,11,17H2,1H3. The molecule has 0 spiro atoms. The minimum Gasteiger partial charge on any atom is -0.336 e. The van der Waals surface area contributed by atoms with Crippen LogP contribution < -0.4 is 10.4 Å². The van der Waals surface area contributed by atoms with E-state index in [1.807, 2.05) is 7.05 Å². The Morgan fingerprint density at radius 2 is 1.77 bits per heavy atom. The molecule has 0 N–H and O–H groups in total. The molecule has 3 aromatic carbocycles. The summed E-state index contributed by atoms with van der Waals surface area (Å²) in [6, 6.07) is 19.9. The van der Waals surface area contributed by atoms with Crippen LogP contribution in [0.15, 0.2) is 59.6 Å². The molecular formula is C28H24N2O. The molecule has 1 heterocycles. The average Bonchev–Trinajstić information content (AvgIpc) is 2.95. The molecule has 1 amide bonds. The summed E-state index contributed by atoms with van der Waals surface area (Å²) in [5, 5.41) is 5.50. The van der Waals surface area contributed by atoms with Crippen molar-refractivity contribution in [2.75, 3.05) is 7.05 Å². The Hall–Kier alpha value is -3.46. The van der Waals surface area contributed by atoms with Gasteiger partial charge in [0.15, 0.2) is 0 Å². The highest BCUT2D eigenvalue weighted by atomic mass is 16.2. The number of hydrogen-bond donors (Lipinski definition) is 0. The van der Waals surface area contributed by atoms with Crippen LogP contribution in [0.1, 0.15) is 35.1 Å². The van der Waals surface area contributed by atoms with Gasteiger partial charge in [-0.05, 0) is 86.5 Å². The number of aliphatic imine (C=N–C) groups is 1. The number of carbonyl (C=O) groups is 1. The molecule has 0 fully saturated rings. The van der Waals surface area contributed by atoms with Gasteiger partial charge in [-0.25, -0.2) is 0 Å². The molecule has 31 heavy (non-hydrogen) atoms. The second-order valence-electron chi connectivity index (χ2n) is 8.74. The SMILES string of the molecule is CN1Cc2cc(C3=c4ccc5c(c4CCC3)CC=c3ccccc3=5)ccc2N=CC1=O. The van der Waals surface area contributed by atoms with Gasteiger partial charge in [0.05, 0.1) is 11.9 Å². The van der Waals surface area contributed by atoms with Gasteiger partial charge in [0.25, 0.3) is 5.91 Å². The van der Waals surface area contributed by atoms with E-state index in [1.54, 1.807) is 4.90 Å². The number of fused-ring (bicyclic) bond motifs is 5. The first-order valence-corrected chi connectivity index (χ1v) is 11.0. The quantitative estimate of drug-likeness (QED) is 0.611. The van der Waals surface area contributed by atoms with E-state index in [-0.39, 0.29) is 5.91 Å². The van der Waals surface area contributed by atoms with Crippen molar-refractivity contribution in [1.29, 1.82) is 0 Å². The number of carbonyl (C=O) groups excluding carboxylic acids is 1. The van der Waals surface area contributed by atoms with Gasteiger partial charge in [-0.15, -0.1) is 0 Å². The summed E-state index contributed by atoms with van der Waals surface area (Å²) < 4.78 is 0. The summed E-state index contributed by atoms with van der Waals surface area (Å²) in [4.78, 5) is 18.1. The smallest absolute Gasteiger partial charge is 0.265 e. The first-order chi connectivity index (χ1) is 15.2. The summed E-state index contributed by atoms with van der Waals surface area (Å²) in [7, 11) is 1.83. The predicted molar refractivity (Wildman–Crippen MR) is 124 cm³/mol. The Kier molecular flexibility index (Phi) is 4.17.